The Labute approximate surface area is 113 Å². The van der Waals surface area contributed by atoms with Crippen molar-refractivity contribution in [1.29, 1.82) is 0 Å². The predicted molar refractivity (Wildman–Crippen MR) is 69.2 cm³/mol. The summed E-state index contributed by atoms with van der Waals surface area (Å²) in [5.74, 6) is -0.137. The molecule has 5 nitrogen and oxygen atoms in total. The number of halogens is 2. The molecule has 0 aliphatic heterocycles. The standard InChI is InChI=1S/C12H11ClFN3O2/c1-2-3-12-15-4-5-16(12)10-6-8(13)9(14)7-11(10)17(18)19/h4-7H,2-3H2,1H3. The van der Waals surface area contributed by atoms with Gasteiger partial charge in [0.25, 0.3) is 5.69 Å². The van der Waals surface area contributed by atoms with Crippen LogP contribution in [0, 0.1) is 15.9 Å². The molecule has 0 saturated carbocycles. The van der Waals surface area contributed by atoms with Crippen molar-refractivity contribution in [3.63, 3.8) is 0 Å². The molecule has 0 saturated heterocycles. The van der Waals surface area contributed by atoms with Gasteiger partial charge < -0.3 is 0 Å². The lowest BCUT2D eigenvalue weighted by atomic mass is 10.2. The minimum atomic E-state index is -0.811. The third-order valence-electron chi connectivity index (χ3n) is 2.66. The number of aryl methyl sites for hydroxylation is 1. The monoisotopic (exact) mass is 283 g/mol. The first-order valence-electron chi connectivity index (χ1n) is 5.70. The molecule has 0 N–H and O–H groups in total. The molecule has 100 valence electrons. The molecule has 1 aromatic carbocycles. The highest BCUT2D eigenvalue weighted by Crippen LogP contribution is 2.29. The fraction of sp³-hybridized carbons (Fsp3) is 0.250. The van der Waals surface area contributed by atoms with Crippen LogP contribution in [0.3, 0.4) is 0 Å². The van der Waals surface area contributed by atoms with Crippen molar-refractivity contribution >= 4 is 17.3 Å². The Kier molecular flexibility index (Phi) is 3.80. The number of rotatable bonds is 4. The van der Waals surface area contributed by atoms with Crippen LogP contribution in [0.15, 0.2) is 24.5 Å². The van der Waals surface area contributed by atoms with Gasteiger partial charge in [0.15, 0.2) is 0 Å². The molecule has 0 spiro atoms. The Hall–Kier alpha value is -1.95. The number of hydrogen-bond donors (Lipinski definition) is 0. The number of aromatic nitrogens is 2. The number of imidazole rings is 1. The molecule has 0 aliphatic carbocycles. The van der Waals surface area contributed by atoms with E-state index in [0.717, 1.165) is 12.5 Å². The topological polar surface area (TPSA) is 61.0 Å². The van der Waals surface area contributed by atoms with Crippen molar-refractivity contribution in [3.8, 4) is 5.69 Å². The van der Waals surface area contributed by atoms with Crippen molar-refractivity contribution < 1.29 is 9.31 Å². The maximum atomic E-state index is 13.3. The first-order chi connectivity index (χ1) is 9.04. The van der Waals surface area contributed by atoms with Gasteiger partial charge in [0, 0.05) is 18.8 Å². The SMILES string of the molecule is CCCc1nccn1-c1cc(Cl)c(F)cc1[N+](=O)[O-]. The van der Waals surface area contributed by atoms with Gasteiger partial charge in [0.2, 0.25) is 0 Å². The number of hydrogen-bond acceptors (Lipinski definition) is 3. The van der Waals surface area contributed by atoms with E-state index in [1.54, 1.807) is 17.0 Å². The van der Waals surface area contributed by atoms with Crippen LogP contribution in [0.4, 0.5) is 10.1 Å². The van der Waals surface area contributed by atoms with Gasteiger partial charge in [-0.3, -0.25) is 14.7 Å². The molecule has 0 fully saturated rings. The van der Waals surface area contributed by atoms with Crippen molar-refractivity contribution in [2.24, 2.45) is 0 Å². The molecule has 0 atom stereocenters. The highest BCUT2D eigenvalue weighted by molar-refractivity contribution is 6.31. The van der Waals surface area contributed by atoms with E-state index in [4.69, 9.17) is 11.6 Å². The highest BCUT2D eigenvalue weighted by Gasteiger charge is 2.20. The molecular weight excluding hydrogens is 273 g/mol. The van der Waals surface area contributed by atoms with E-state index in [2.05, 4.69) is 4.98 Å². The summed E-state index contributed by atoms with van der Waals surface area (Å²) in [6.45, 7) is 1.98. The van der Waals surface area contributed by atoms with E-state index < -0.39 is 10.7 Å². The van der Waals surface area contributed by atoms with Crippen LogP contribution in [-0.4, -0.2) is 14.5 Å². The zero-order valence-corrected chi connectivity index (χ0v) is 10.9. The summed E-state index contributed by atoms with van der Waals surface area (Å²) in [5.41, 5.74) is -0.116. The second-order valence-corrected chi connectivity index (χ2v) is 4.38. The zero-order valence-electron chi connectivity index (χ0n) is 10.1. The van der Waals surface area contributed by atoms with E-state index in [1.165, 1.54) is 6.07 Å². The van der Waals surface area contributed by atoms with Crippen molar-refractivity contribution in [2.45, 2.75) is 19.8 Å². The van der Waals surface area contributed by atoms with Crippen LogP contribution >= 0.6 is 11.6 Å². The van der Waals surface area contributed by atoms with Gasteiger partial charge in [-0.1, -0.05) is 18.5 Å². The molecule has 0 aliphatic rings. The minimum absolute atomic E-state index is 0.156. The Morgan fingerprint density at radius 3 is 2.89 bits per heavy atom. The lowest BCUT2D eigenvalue weighted by molar-refractivity contribution is -0.384. The van der Waals surface area contributed by atoms with Gasteiger partial charge in [-0.15, -0.1) is 0 Å². The summed E-state index contributed by atoms with van der Waals surface area (Å²) in [5, 5.41) is 10.9. The lowest BCUT2D eigenvalue weighted by Crippen LogP contribution is -2.04. The van der Waals surface area contributed by atoms with Crippen LogP contribution in [-0.2, 0) is 6.42 Å². The molecule has 7 heteroatoms. The summed E-state index contributed by atoms with van der Waals surface area (Å²) in [7, 11) is 0. The van der Waals surface area contributed by atoms with E-state index in [9.17, 15) is 14.5 Å². The molecule has 2 rings (SSSR count). The van der Waals surface area contributed by atoms with E-state index in [-0.39, 0.29) is 16.4 Å². The molecule has 1 heterocycles. The summed E-state index contributed by atoms with van der Waals surface area (Å²) in [6.07, 6.45) is 4.66. The van der Waals surface area contributed by atoms with Crippen LogP contribution in [0.1, 0.15) is 19.2 Å². The highest BCUT2D eigenvalue weighted by atomic mass is 35.5. The maximum absolute atomic E-state index is 13.3. The van der Waals surface area contributed by atoms with Gasteiger partial charge in [-0.25, -0.2) is 9.37 Å². The number of nitro benzene ring substituents is 1. The Balaban J connectivity index is 2.63. The van der Waals surface area contributed by atoms with E-state index in [1.807, 2.05) is 6.92 Å². The number of benzene rings is 1. The number of nitrogens with zero attached hydrogens (tertiary/aromatic N) is 3. The average Bonchev–Trinajstić information content (AvgIpc) is 2.80. The first-order valence-corrected chi connectivity index (χ1v) is 6.08. The Bertz CT molecular complexity index is 627. The maximum Gasteiger partial charge on any atom is 0.296 e. The van der Waals surface area contributed by atoms with Gasteiger partial charge in [-0.05, 0) is 12.5 Å². The summed E-state index contributed by atoms with van der Waals surface area (Å²) in [4.78, 5) is 14.5. The predicted octanol–water partition coefficient (Wildman–Crippen LogP) is 3.53. The van der Waals surface area contributed by atoms with Gasteiger partial charge in [0.1, 0.15) is 17.3 Å². The quantitative estimate of drug-likeness (QED) is 0.637. The molecular formula is C12H11ClFN3O2. The number of nitro groups is 1. The second kappa shape index (κ2) is 5.36. The normalized spacial score (nSPS) is 10.7. The van der Waals surface area contributed by atoms with Crippen LogP contribution < -0.4 is 0 Å². The fourth-order valence-electron chi connectivity index (χ4n) is 1.83. The van der Waals surface area contributed by atoms with Crippen LogP contribution in [0.2, 0.25) is 5.02 Å². The van der Waals surface area contributed by atoms with Crippen LogP contribution in [0.5, 0.6) is 0 Å². The molecule has 0 bridgehead atoms. The smallest absolute Gasteiger partial charge is 0.296 e. The minimum Gasteiger partial charge on any atom is -0.298 e. The fourth-order valence-corrected chi connectivity index (χ4v) is 1.99. The molecule has 0 unspecified atom stereocenters. The van der Waals surface area contributed by atoms with E-state index >= 15 is 0 Å². The molecule has 19 heavy (non-hydrogen) atoms. The third kappa shape index (κ3) is 2.58. The lowest BCUT2D eigenvalue weighted by Gasteiger charge is -2.08. The zero-order chi connectivity index (χ0) is 14.0. The summed E-state index contributed by atoms with van der Waals surface area (Å²) in [6, 6.07) is 2.07. The van der Waals surface area contributed by atoms with Crippen molar-refractivity contribution in [2.75, 3.05) is 0 Å². The van der Waals surface area contributed by atoms with Gasteiger partial charge >= 0.3 is 0 Å². The molecule has 0 radical (unpaired) electrons. The molecule has 0 amide bonds. The van der Waals surface area contributed by atoms with E-state index in [0.29, 0.717) is 12.2 Å². The van der Waals surface area contributed by atoms with Gasteiger partial charge in [-0.2, -0.15) is 0 Å². The van der Waals surface area contributed by atoms with Gasteiger partial charge in [0.05, 0.1) is 16.0 Å². The Morgan fingerprint density at radius 2 is 2.26 bits per heavy atom. The first kappa shape index (κ1) is 13.5. The van der Waals surface area contributed by atoms with Crippen LogP contribution in [0.25, 0.3) is 5.69 Å². The second-order valence-electron chi connectivity index (χ2n) is 3.98. The average molecular weight is 284 g/mol. The van der Waals surface area contributed by atoms with Crippen molar-refractivity contribution in [1.82, 2.24) is 9.55 Å². The Morgan fingerprint density at radius 1 is 1.53 bits per heavy atom. The summed E-state index contributed by atoms with van der Waals surface area (Å²) >= 11 is 5.71. The van der Waals surface area contributed by atoms with Crippen molar-refractivity contribution in [3.05, 3.63) is 51.3 Å². The largest absolute Gasteiger partial charge is 0.298 e. The summed E-state index contributed by atoms with van der Waals surface area (Å²) < 4.78 is 14.9. The molecule has 2 aromatic rings. The molecule has 1 aromatic heterocycles. The third-order valence-corrected chi connectivity index (χ3v) is 2.95.